The van der Waals surface area contributed by atoms with Gasteiger partial charge in [0.15, 0.2) is 5.13 Å². The molecular formula is C11H13N3S. The second kappa shape index (κ2) is 3.18. The summed E-state index contributed by atoms with van der Waals surface area (Å²) in [5, 5.41) is 0.650. The van der Waals surface area contributed by atoms with Gasteiger partial charge in [-0.15, -0.1) is 0 Å². The summed E-state index contributed by atoms with van der Waals surface area (Å²) in [7, 11) is 0. The first kappa shape index (κ1) is 9.12. The first-order valence-corrected chi connectivity index (χ1v) is 5.97. The Morgan fingerprint density at radius 2 is 2.20 bits per heavy atom. The maximum Gasteiger partial charge on any atom is 0.181 e. The summed E-state index contributed by atoms with van der Waals surface area (Å²) < 4.78 is 1.18. The van der Waals surface area contributed by atoms with E-state index in [4.69, 9.17) is 11.5 Å². The van der Waals surface area contributed by atoms with Crippen LogP contribution in [-0.4, -0.2) is 11.0 Å². The van der Waals surface area contributed by atoms with E-state index in [0.717, 1.165) is 24.8 Å². The summed E-state index contributed by atoms with van der Waals surface area (Å²) in [6.45, 7) is 0. The molecule has 78 valence electrons. The normalized spacial score (nSPS) is 20.5. The molecule has 1 aromatic heterocycles. The summed E-state index contributed by atoms with van der Waals surface area (Å²) in [5.74, 6) is 0. The number of nitrogens with two attached hydrogens (primary N) is 2. The van der Waals surface area contributed by atoms with Gasteiger partial charge in [0, 0.05) is 6.04 Å². The van der Waals surface area contributed by atoms with Crippen molar-refractivity contribution < 1.29 is 0 Å². The lowest BCUT2D eigenvalue weighted by Gasteiger charge is -2.20. The molecular weight excluding hydrogens is 206 g/mol. The van der Waals surface area contributed by atoms with Gasteiger partial charge < -0.3 is 11.5 Å². The molecule has 0 aliphatic heterocycles. The lowest BCUT2D eigenvalue weighted by Crippen LogP contribution is -2.27. The first-order valence-electron chi connectivity index (χ1n) is 5.16. The molecule has 1 aliphatic carbocycles. The predicted octanol–water partition coefficient (Wildman–Crippen LogP) is 1.69. The van der Waals surface area contributed by atoms with Gasteiger partial charge in [-0.05, 0) is 42.5 Å². The number of aromatic nitrogens is 1. The summed E-state index contributed by atoms with van der Waals surface area (Å²) in [4.78, 5) is 4.31. The Morgan fingerprint density at radius 1 is 1.33 bits per heavy atom. The zero-order chi connectivity index (χ0) is 10.4. The largest absolute Gasteiger partial charge is 0.375 e. The van der Waals surface area contributed by atoms with Gasteiger partial charge >= 0.3 is 0 Å². The third kappa shape index (κ3) is 1.50. The van der Waals surface area contributed by atoms with Crippen LogP contribution in [-0.2, 0) is 12.8 Å². The minimum atomic E-state index is 0.320. The lowest BCUT2D eigenvalue weighted by molar-refractivity contribution is 0.577. The Morgan fingerprint density at radius 3 is 3.07 bits per heavy atom. The third-order valence-corrected chi connectivity index (χ3v) is 3.84. The molecule has 0 radical (unpaired) electrons. The maximum absolute atomic E-state index is 5.96. The summed E-state index contributed by atoms with van der Waals surface area (Å²) in [6.07, 6.45) is 3.14. The zero-order valence-electron chi connectivity index (χ0n) is 8.36. The first-order chi connectivity index (χ1) is 7.22. The van der Waals surface area contributed by atoms with Crippen molar-refractivity contribution in [1.29, 1.82) is 0 Å². The topological polar surface area (TPSA) is 64.9 Å². The predicted molar refractivity (Wildman–Crippen MR) is 64.0 cm³/mol. The van der Waals surface area contributed by atoms with Crippen LogP contribution >= 0.6 is 11.3 Å². The second-order valence-corrected chi connectivity index (χ2v) is 5.21. The number of rotatable bonds is 0. The average Bonchev–Trinajstić information content (AvgIpc) is 2.53. The molecule has 4 heteroatoms. The molecule has 2 aromatic rings. The van der Waals surface area contributed by atoms with Gasteiger partial charge in [0.25, 0.3) is 0 Å². The van der Waals surface area contributed by atoms with E-state index in [-0.39, 0.29) is 0 Å². The van der Waals surface area contributed by atoms with Crippen LogP contribution in [0.3, 0.4) is 0 Å². The fourth-order valence-electron chi connectivity index (χ4n) is 2.23. The van der Waals surface area contributed by atoms with Crippen molar-refractivity contribution in [2.24, 2.45) is 5.73 Å². The Hall–Kier alpha value is -1.13. The van der Waals surface area contributed by atoms with E-state index in [9.17, 15) is 0 Å². The Kier molecular flexibility index (Phi) is 1.94. The molecule has 1 unspecified atom stereocenters. The zero-order valence-corrected chi connectivity index (χ0v) is 9.18. The number of nitrogens with zero attached hydrogens (tertiary/aromatic N) is 1. The molecule has 0 fully saturated rings. The highest BCUT2D eigenvalue weighted by Crippen LogP contribution is 2.30. The van der Waals surface area contributed by atoms with Crippen LogP contribution in [0.4, 0.5) is 5.13 Å². The minimum absolute atomic E-state index is 0.320. The van der Waals surface area contributed by atoms with Crippen molar-refractivity contribution in [1.82, 2.24) is 4.98 Å². The summed E-state index contributed by atoms with van der Waals surface area (Å²) >= 11 is 1.55. The van der Waals surface area contributed by atoms with Gasteiger partial charge in [-0.3, -0.25) is 0 Å². The van der Waals surface area contributed by atoms with E-state index in [0.29, 0.717) is 11.2 Å². The maximum atomic E-state index is 5.96. The van der Waals surface area contributed by atoms with E-state index in [2.05, 4.69) is 17.1 Å². The van der Waals surface area contributed by atoms with Crippen molar-refractivity contribution in [2.75, 3.05) is 5.73 Å². The Labute approximate surface area is 92.1 Å². The molecule has 4 N–H and O–H groups in total. The summed E-state index contributed by atoms with van der Waals surface area (Å²) in [6, 6.07) is 4.70. The molecule has 0 spiro atoms. The molecule has 0 saturated carbocycles. The molecule has 3 rings (SSSR count). The highest BCUT2D eigenvalue weighted by molar-refractivity contribution is 7.22. The number of aryl methyl sites for hydroxylation is 1. The van der Waals surface area contributed by atoms with Gasteiger partial charge in [-0.2, -0.15) is 0 Å². The number of nitrogen functional groups attached to an aromatic ring is 1. The highest BCUT2D eigenvalue weighted by Gasteiger charge is 2.16. The molecule has 0 saturated heterocycles. The van der Waals surface area contributed by atoms with Crippen LogP contribution < -0.4 is 11.5 Å². The van der Waals surface area contributed by atoms with E-state index in [1.807, 2.05) is 0 Å². The molecule has 1 heterocycles. The average molecular weight is 219 g/mol. The van der Waals surface area contributed by atoms with Crippen molar-refractivity contribution in [3.63, 3.8) is 0 Å². The second-order valence-electron chi connectivity index (χ2n) is 4.14. The van der Waals surface area contributed by atoms with E-state index in [1.54, 1.807) is 11.3 Å². The van der Waals surface area contributed by atoms with Crippen LogP contribution in [0.25, 0.3) is 10.2 Å². The number of anilines is 1. The van der Waals surface area contributed by atoms with Crippen LogP contribution in [0.2, 0.25) is 0 Å². The number of benzene rings is 1. The van der Waals surface area contributed by atoms with Crippen molar-refractivity contribution >= 4 is 26.7 Å². The van der Waals surface area contributed by atoms with Gasteiger partial charge in [0.2, 0.25) is 0 Å². The molecule has 0 amide bonds. The minimum Gasteiger partial charge on any atom is -0.375 e. The van der Waals surface area contributed by atoms with E-state index >= 15 is 0 Å². The highest BCUT2D eigenvalue weighted by atomic mass is 32.1. The van der Waals surface area contributed by atoms with E-state index < -0.39 is 0 Å². The van der Waals surface area contributed by atoms with Crippen molar-refractivity contribution in [3.8, 4) is 0 Å². The molecule has 15 heavy (non-hydrogen) atoms. The SMILES string of the molecule is Nc1nc2cc3c(cc2s1)CC(N)CC3. The van der Waals surface area contributed by atoms with Crippen LogP contribution in [0.1, 0.15) is 17.5 Å². The standard InChI is InChI=1S/C11H13N3S/c12-8-2-1-6-4-9-10(5-7(6)3-8)15-11(13)14-9/h4-5,8H,1-3,12H2,(H2,13,14). The molecule has 1 aromatic carbocycles. The quantitative estimate of drug-likeness (QED) is 0.708. The summed E-state index contributed by atoms with van der Waals surface area (Å²) in [5.41, 5.74) is 15.5. The lowest BCUT2D eigenvalue weighted by atomic mass is 9.89. The number of thiazole rings is 1. The van der Waals surface area contributed by atoms with Crippen LogP contribution in [0, 0.1) is 0 Å². The van der Waals surface area contributed by atoms with Gasteiger partial charge in [0.05, 0.1) is 10.2 Å². The third-order valence-electron chi connectivity index (χ3n) is 2.99. The number of hydrogen-bond acceptors (Lipinski definition) is 4. The smallest absolute Gasteiger partial charge is 0.181 e. The van der Waals surface area contributed by atoms with Crippen LogP contribution in [0.5, 0.6) is 0 Å². The molecule has 1 atom stereocenters. The van der Waals surface area contributed by atoms with Gasteiger partial charge in [-0.1, -0.05) is 11.3 Å². The Bertz CT molecular complexity index is 518. The molecule has 0 bridgehead atoms. The monoisotopic (exact) mass is 219 g/mol. The Balaban J connectivity index is 2.19. The molecule has 3 nitrogen and oxygen atoms in total. The van der Waals surface area contributed by atoms with Gasteiger partial charge in [0.1, 0.15) is 0 Å². The van der Waals surface area contributed by atoms with Crippen molar-refractivity contribution in [2.45, 2.75) is 25.3 Å². The van der Waals surface area contributed by atoms with Crippen LogP contribution in [0.15, 0.2) is 12.1 Å². The molecule has 1 aliphatic rings. The fraction of sp³-hybridized carbons (Fsp3) is 0.364. The van der Waals surface area contributed by atoms with Gasteiger partial charge in [-0.25, -0.2) is 4.98 Å². The number of hydrogen-bond donors (Lipinski definition) is 2. The number of fused-ring (bicyclic) bond motifs is 2. The fourth-order valence-corrected chi connectivity index (χ4v) is 3.00. The van der Waals surface area contributed by atoms with Crippen molar-refractivity contribution in [3.05, 3.63) is 23.3 Å². The van der Waals surface area contributed by atoms with E-state index in [1.165, 1.54) is 15.8 Å².